The summed E-state index contributed by atoms with van der Waals surface area (Å²) in [6, 6.07) is 11.1. The quantitative estimate of drug-likeness (QED) is 0.623. The Bertz CT molecular complexity index is 790. The fourth-order valence-electron chi connectivity index (χ4n) is 5.03. The van der Waals surface area contributed by atoms with Crippen LogP contribution >= 0.6 is 0 Å². The van der Waals surface area contributed by atoms with Gasteiger partial charge in [0.05, 0.1) is 12.7 Å². The Balaban J connectivity index is 1.46. The highest BCUT2D eigenvalue weighted by Gasteiger charge is 2.43. The van der Waals surface area contributed by atoms with Gasteiger partial charge in [-0.15, -0.1) is 0 Å². The van der Waals surface area contributed by atoms with Crippen LogP contribution in [0.4, 0.5) is 0 Å². The first-order valence-electron chi connectivity index (χ1n) is 10.6. The Labute approximate surface area is 172 Å². The Morgan fingerprint density at radius 1 is 1.14 bits per heavy atom. The fourth-order valence-corrected chi connectivity index (χ4v) is 5.03. The number of benzene rings is 1. The lowest BCUT2D eigenvalue weighted by Crippen LogP contribution is -2.43. The van der Waals surface area contributed by atoms with E-state index in [0.29, 0.717) is 25.5 Å². The van der Waals surface area contributed by atoms with Gasteiger partial charge in [-0.2, -0.15) is 0 Å². The van der Waals surface area contributed by atoms with E-state index in [1.165, 1.54) is 11.1 Å². The van der Waals surface area contributed by atoms with Crippen LogP contribution in [0.1, 0.15) is 29.1 Å². The highest BCUT2D eigenvalue weighted by Crippen LogP contribution is 2.36. The lowest BCUT2D eigenvalue weighted by Gasteiger charge is -2.27. The second-order valence-corrected chi connectivity index (χ2v) is 8.37. The van der Waals surface area contributed by atoms with E-state index in [1.54, 1.807) is 13.3 Å². The van der Waals surface area contributed by atoms with Gasteiger partial charge in [0.25, 0.3) is 0 Å². The normalized spacial score (nSPS) is 26.7. The van der Waals surface area contributed by atoms with E-state index in [9.17, 15) is 10.2 Å². The second kappa shape index (κ2) is 9.30. The molecule has 1 heterocycles. The molecule has 0 spiro atoms. The van der Waals surface area contributed by atoms with Crippen LogP contribution in [-0.2, 0) is 30.4 Å². The van der Waals surface area contributed by atoms with Crippen molar-refractivity contribution in [1.82, 2.24) is 15.3 Å². The number of ether oxygens (including phenoxy) is 1. The Hall–Kier alpha value is -1.86. The molecule has 0 unspecified atom stereocenters. The number of aliphatic hydroxyl groups is 2. The van der Waals surface area contributed by atoms with E-state index in [-0.39, 0.29) is 24.5 Å². The average molecular weight is 398 g/mol. The summed E-state index contributed by atoms with van der Waals surface area (Å²) < 4.78 is 5.13. The zero-order valence-electron chi connectivity index (χ0n) is 17.0. The number of methoxy groups -OCH3 is 1. The summed E-state index contributed by atoms with van der Waals surface area (Å²) in [5, 5.41) is 24.3. The van der Waals surface area contributed by atoms with Gasteiger partial charge in [0, 0.05) is 50.0 Å². The SMILES string of the molecule is COCCc1nccc(C[C@@H]2[C@@H](CO)[C@H](O)C[C@H]2NC2Cc3ccccc3C2)n1. The van der Waals surface area contributed by atoms with Gasteiger partial charge in [0.15, 0.2) is 0 Å². The number of nitrogens with one attached hydrogen (secondary N) is 1. The third-order valence-electron chi connectivity index (χ3n) is 6.51. The summed E-state index contributed by atoms with van der Waals surface area (Å²) in [5.74, 6) is 0.789. The minimum absolute atomic E-state index is 0.00345. The topological polar surface area (TPSA) is 87.5 Å². The van der Waals surface area contributed by atoms with Gasteiger partial charge >= 0.3 is 0 Å². The van der Waals surface area contributed by atoms with Crippen LogP contribution in [0.5, 0.6) is 0 Å². The number of hydrogen-bond acceptors (Lipinski definition) is 6. The Morgan fingerprint density at radius 3 is 2.59 bits per heavy atom. The van der Waals surface area contributed by atoms with E-state index >= 15 is 0 Å². The fraction of sp³-hybridized carbons (Fsp3) is 0.565. The minimum Gasteiger partial charge on any atom is -0.396 e. The molecule has 2 aliphatic rings. The molecular weight excluding hydrogens is 366 g/mol. The van der Waals surface area contributed by atoms with Crippen molar-refractivity contribution < 1.29 is 14.9 Å². The summed E-state index contributed by atoms with van der Waals surface area (Å²) in [4.78, 5) is 9.01. The van der Waals surface area contributed by atoms with E-state index in [0.717, 1.165) is 30.8 Å². The summed E-state index contributed by atoms with van der Waals surface area (Å²) in [6.07, 6.45) is 5.43. The molecule has 0 aliphatic heterocycles. The van der Waals surface area contributed by atoms with E-state index in [2.05, 4.69) is 39.6 Å². The summed E-state index contributed by atoms with van der Waals surface area (Å²) in [6.45, 7) is 0.591. The van der Waals surface area contributed by atoms with Crippen molar-refractivity contribution in [2.24, 2.45) is 11.8 Å². The van der Waals surface area contributed by atoms with Crippen molar-refractivity contribution >= 4 is 0 Å². The molecular formula is C23H31N3O3. The third kappa shape index (κ3) is 4.67. The van der Waals surface area contributed by atoms with Crippen molar-refractivity contribution in [3.05, 3.63) is 59.2 Å². The van der Waals surface area contributed by atoms with Gasteiger partial charge in [-0.1, -0.05) is 24.3 Å². The number of rotatable bonds is 8. The first-order valence-corrected chi connectivity index (χ1v) is 10.6. The minimum atomic E-state index is -0.485. The number of fused-ring (bicyclic) bond motifs is 1. The standard InChI is InChI=1S/C23H31N3O3/c1-29-9-7-23-24-8-6-17(26-23)12-19-20(14-27)22(28)13-21(19)25-18-10-15-4-2-3-5-16(15)11-18/h2-6,8,18-22,25,27-28H,7,9-14H2,1H3/t19-,20-,21-,22-/m1/s1. The molecule has 0 bridgehead atoms. The van der Waals surface area contributed by atoms with E-state index < -0.39 is 6.10 Å². The van der Waals surface area contributed by atoms with Crippen molar-refractivity contribution in [2.75, 3.05) is 20.3 Å². The van der Waals surface area contributed by atoms with Gasteiger partial charge in [0.1, 0.15) is 5.82 Å². The Morgan fingerprint density at radius 2 is 1.90 bits per heavy atom. The number of aromatic nitrogens is 2. The molecule has 0 amide bonds. The summed E-state index contributed by atoms with van der Waals surface area (Å²) in [7, 11) is 1.67. The molecule has 4 atom stereocenters. The maximum atomic E-state index is 10.6. The Kier molecular flexibility index (Phi) is 6.55. The van der Waals surface area contributed by atoms with Gasteiger partial charge < -0.3 is 20.3 Å². The molecule has 29 heavy (non-hydrogen) atoms. The second-order valence-electron chi connectivity index (χ2n) is 8.37. The van der Waals surface area contributed by atoms with E-state index in [1.807, 2.05) is 6.07 Å². The van der Waals surface area contributed by atoms with Crippen molar-refractivity contribution in [2.45, 2.75) is 50.3 Å². The maximum Gasteiger partial charge on any atom is 0.130 e. The maximum absolute atomic E-state index is 10.6. The highest BCUT2D eigenvalue weighted by molar-refractivity contribution is 5.33. The molecule has 2 aromatic rings. The summed E-state index contributed by atoms with van der Waals surface area (Å²) in [5.41, 5.74) is 3.79. The monoisotopic (exact) mass is 397 g/mol. The molecule has 156 valence electrons. The van der Waals surface area contributed by atoms with Crippen LogP contribution in [0, 0.1) is 11.8 Å². The lowest BCUT2D eigenvalue weighted by atomic mass is 9.88. The molecule has 1 aromatic carbocycles. The summed E-state index contributed by atoms with van der Waals surface area (Å²) >= 11 is 0. The molecule has 0 radical (unpaired) electrons. The molecule has 1 fully saturated rings. The molecule has 1 aromatic heterocycles. The van der Waals surface area contributed by atoms with Crippen LogP contribution in [0.3, 0.4) is 0 Å². The molecule has 6 heteroatoms. The van der Waals surface area contributed by atoms with Crippen LogP contribution < -0.4 is 5.32 Å². The lowest BCUT2D eigenvalue weighted by molar-refractivity contribution is 0.0715. The first kappa shape index (κ1) is 20.4. The van der Waals surface area contributed by atoms with E-state index in [4.69, 9.17) is 4.74 Å². The molecule has 2 aliphatic carbocycles. The van der Waals surface area contributed by atoms with Gasteiger partial charge in [-0.25, -0.2) is 9.97 Å². The number of nitrogens with zero attached hydrogens (tertiary/aromatic N) is 2. The van der Waals surface area contributed by atoms with Crippen LogP contribution in [0.2, 0.25) is 0 Å². The number of hydrogen-bond donors (Lipinski definition) is 3. The highest BCUT2D eigenvalue weighted by atomic mass is 16.5. The zero-order valence-corrected chi connectivity index (χ0v) is 17.0. The third-order valence-corrected chi connectivity index (χ3v) is 6.51. The van der Waals surface area contributed by atoms with Crippen LogP contribution in [0.25, 0.3) is 0 Å². The van der Waals surface area contributed by atoms with Crippen LogP contribution in [-0.4, -0.2) is 58.7 Å². The molecule has 6 nitrogen and oxygen atoms in total. The average Bonchev–Trinajstić information content (AvgIpc) is 3.26. The number of aliphatic hydroxyl groups excluding tert-OH is 2. The molecule has 4 rings (SSSR count). The smallest absolute Gasteiger partial charge is 0.130 e. The first-order chi connectivity index (χ1) is 14.2. The predicted molar refractivity (Wildman–Crippen MR) is 111 cm³/mol. The largest absolute Gasteiger partial charge is 0.396 e. The molecule has 3 N–H and O–H groups in total. The van der Waals surface area contributed by atoms with Gasteiger partial charge in [-0.3, -0.25) is 0 Å². The molecule has 0 saturated heterocycles. The van der Waals surface area contributed by atoms with Gasteiger partial charge in [-0.05, 0) is 48.8 Å². The zero-order chi connectivity index (χ0) is 20.2. The van der Waals surface area contributed by atoms with Crippen LogP contribution in [0.15, 0.2) is 36.5 Å². The predicted octanol–water partition coefficient (Wildman–Crippen LogP) is 1.32. The van der Waals surface area contributed by atoms with Gasteiger partial charge in [0.2, 0.25) is 0 Å². The van der Waals surface area contributed by atoms with Crippen molar-refractivity contribution in [3.8, 4) is 0 Å². The van der Waals surface area contributed by atoms with Crippen molar-refractivity contribution in [3.63, 3.8) is 0 Å². The van der Waals surface area contributed by atoms with Crippen molar-refractivity contribution in [1.29, 1.82) is 0 Å². The molecule has 1 saturated carbocycles.